The van der Waals surface area contributed by atoms with Crippen molar-refractivity contribution in [3.8, 4) is 0 Å². The molecule has 1 heterocycles. The number of halogens is 5. The number of carbonyl (C=O) groups is 2. The zero-order chi connectivity index (χ0) is 18.1. The van der Waals surface area contributed by atoms with Crippen LogP contribution < -0.4 is 0 Å². The number of likely N-dealkylation sites (N-methyl/N-ethyl adjacent to an activating group) is 2. The van der Waals surface area contributed by atoms with Crippen molar-refractivity contribution in [2.45, 2.75) is 34.9 Å². The smallest absolute Gasteiger partial charge is 0.270 e. The number of alkyl halides is 5. The molecule has 3 atom stereocenters. The zero-order valence-corrected chi connectivity index (χ0v) is 17.0. The second kappa shape index (κ2) is 8.01. The van der Waals surface area contributed by atoms with Gasteiger partial charge in [-0.1, -0.05) is 48.7 Å². The molecule has 0 bridgehead atoms. The standard InChI is InChI=1S/C14H19Cl5N2O2/c1-7(11(15)16)5-9-12(22)21(4)10(13(23)20(9)3)6-8(2)14(17,18)19/h5,7-8,10-11H,6H2,1-4H3/b9-5-/t7-,8-,10-/m0/s1. The van der Waals surface area contributed by atoms with Crippen LogP contribution in [0, 0.1) is 11.8 Å². The summed E-state index contributed by atoms with van der Waals surface area (Å²) >= 11 is 29.2. The average molecular weight is 425 g/mol. The van der Waals surface area contributed by atoms with Gasteiger partial charge in [0.1, 0.15) is 16.6 Å². The molecule has 23 heavy (non-hydrogen) atoms. The minimum Gasteiger partial charge on any atom is -0.328 e. The minimum atomic E-state index is -1.50. The predicted molar refractivity (Wildman–Crippen MR) is 96.1 cm³/mol. The first kappa shape index (κ1) is 21.2. The van der Waals surface area contributed by atoms with E-state index in [0.717, 1.165) is 0 Å². The second-order valence-electron chi connectivity index (χ2n) is 5.75. The summed E-state index contributed by atoms with van der Waals surface area (Å²) in [4.78, 5) is 27.2. The molecule has 2 amide bonds. The summed E-state index contributed by atoms with van der Waals surface area (Å²) in [6.07, 6.45) is 1.84. The molecule has 1 saturated heterocycles. The van der Waals surface area contributed by atoms with Gasteiger partial charge >= 0.3 is 0 Å². The fourth-order valence-electron chi connectivity index (χ4n) is 2.21. The summed E-state index contributed by atoms with van der Waals surface area (Å²) in [5, 5.41) is 0. The van der Waals surface area contributed by atoms with Crippen LogP contribution in [0.1, 0.15) is 20.3 Å². The van der Waals surface area contributed by atoms with Crippen LogP contribution in [0.4, 0.5) is 0 Å². The molecular weight excluding hydrogens is 405 g/mol. The highest BCUT2D eigenvalue weighted by Crippen LogP contribution is 2.38. The van der Waals surface area contributed by atoms with Gasteiger partial charge in [0.2, 0.25) is 5.91 Å². The first-order chi connectivity index (χ1) is 10.4. The van der Waals surface area contributed by atoms with Gasteiger partial charge in [0.05, 0.1) is 0 Å². The summed E-state index contributed by atoms with van der Waals surface area (Å²) in [7, 11) is 3.09. The number of amides is 2. The molecule has 0 aliphatic carbocycles. The van der Waals surface area contributed by atoms with Crippen molar-refractivity contribution in [1.82, 2.24) is 9.80 Å². The molecule has 0 aromatic heterocycles. The third-order valence-corrected chi connectivity index (χ3v) is 5.85. The lowest BCUT2D eigenvalue weighted by atomic mass is 9.97. The molecule has 1 fully saturated rings. The van der Waals surface area contributed by atoms with Gasteiger partial charge in [0.15, 0.2) is 3.79 Å². The van der Waals surface area contributed by atoms with E-state index in [2.05, 4.69) is 0 Å². The van der Waals surface area contributed by atoms with Crippen LogP contribution in [0.5, 0.6) is 0 Å². The maximum absolute atomic E-state index is 12.6. The van der Waals surface area contributed by atoms with E-state index >= 15 is 0 Å². The van der Waals surface area contributed by atoms with Crippen LogP contribution in [0.3, 0.4) is 0 Å². The summed E-state index contributed by atoms with van der Waals surface area (Å²) < 4.78 is -1.50. The van der Waals surface area contributed by atoms with Crippen molar-refractivity contribution in [2.75, 3.05) is 14.1 Å². The van der Waals surface area contributed by atoms with Gasteiger partial charge < -0.3 is 9.80 Å². The van der Waals surface area contributed by atoms with E-state index < -0.39 is 20.6 Å². The van der Waals surface area contributed by atoms with Crippen molar-refractivity contribution in [3.05, 3.63) is 11.8 Å². The van der Waals surface area contributed by atoms with Crippen molar-refractivity contribution in [1.29, 1.82) is 0 Å². The zero-order valence-electron chi connectivity index (χ0n) is 13.2. The van der Waals surface area contributed by atoms with Crippen molar-refractivity contribution in [3.63, 3.8) is 0 Å². The molecule has 0 radical (unpaired) electrons. The minimum absolute atomic E-state index is 0.243. The Kier molecular flexibility index (Phi) is 7.37. The Labute approximate surface area is 161 Å². The second-order valence-corrected chi connectivity index (χ2v) is 9.29. The normalized spacial score (nSPS) is 24.6. The lowest BCUT2D eigenvalue weighted by Gasteiger charge is -2.40. The Hall–Kier alpha value is 0.130. The van der Waals surface area contributed by atoms with Crippen LogP contribution in [-0.2, 0) is 9.59 Å². The van der Waals surface area contributed by atoms with Crippen LogP contribution in [0.15, 0.2) is 11.8 Å². The molecule has 0 aromatic rings. The Morgan fingerprint density at radius 2 is 1.70 bits per heavy atom. The largest absolute Gasteiger partial charge is 0.328 e. The molecule has 0 aromatic carbocycles. The predicted octanol–water partition coefficient (Wildman–Crippen LogP) is 4.01. The van der Waals surface area contributed by atoms with Gasteiger partial charge in [0.25, 0.3) is 5.91 Å². The van der Waals surface area contributed by atoms with Gasteiger partial charge in [0, 0.05) is 25.9 Å². The maximum Gasteiger partial charge on any atom is 0.270 e. The molecule has 0 N–H and O–H groups in total. The van der Waals surface area contributed by atoms with Crippen LogP contribution in [0.25, 0.3) is 0 Å². The fourth-order valence-corrected chi connectivity index (χ4v) is 2.62. The van der Waals surface area contributed by atoms with Crippen LogP contribution in [0.2, 0.25) is 0 Å². The molecule has 1 aliphatic rings. The van der Waals surface area contributed by atoms with E-state index in [9.17, 15) is 9.59 Å². The van der Waals surface area contributed by atoms with E-state index in [1.54, 1.807) is 27.0 Å². The summed E-state index contributed by atoms with van der Waals surface area (Å²) in [5.74, 6) is -1.22. The molecule has 0 unspecified atom stereocenters. The molecule has 132 valence electrons. The lowest BCUT2D eigenvalue weighted by Crippen LogP contribution is -2.56. The van der Waals surface area contributed by atoms with Gasteiger partial charge in [-0.2, -0.15) is 0 Å². The number of carbonyl (C=O) groups excluding carboxylic acids is 2. The van der Waals surface area contributed by atoms with Crippen molar-refractivity contribution < 1.29 is 9.59 Å². The number of hydrogen-bond donors (Lipinski definition) is 0. The maximum atomic E-state index is 12.6. The van der Waals surface area contributed by atoms with E-state index in [1.807, 2.05) is 0 Å². The van der Waals surface area contributed by atoms with Crippen molar-refractivity contribution in [2.24, 2.45) is 11.8 Å². The average Bonchev–Trinajstić information content (AvgIpc) is 2.44. The topological polar surface area (TPSA) is 40.6 Å². The van der Waals surface area contributed by atoms with Gasteiger partial charge in [-0.05, 0) is 12.5 Å². The molecular formula is C14H19Cl5N2O2. The molecule has 4 nitrogen and oxygen atoms in total. The van der Waals surface area contributed by atoms with Gasteiger partial charge in [-0.25, -0.2) is 0 Å². The molecule has 1 aliphatic heterocycles. The van der Waals surface area contributed by atoms with E-state index in [4.69, 9.17) is 58.0 Å². The monoisotopic (exact) mass is 422 g/mol. The Morgan fingerprint density at radius 3 is 2.13 bits per heavy atom. The Balaban J connectivity index is 3.05. The van der Waals surface area contributed by atoms with E-state index in [1.165, 1.54) is 16.8 Å². The van der Waals surface area contributed by atoms with Gasteiger partial charge in [-0.15, -0.1) is 23.2 Å². The number of nitrogens with zero attached hydrogens (tertiary/aromatic N) is 2. The number of piperazine rings is 1. The van der Waals surface area contributed by atoms with Crippen LogP contribution >= 0.6 is 58.0 Å². The first-order valence-corrected chi connectivity index (χ1v) is 9.00. The summed E-state index contributed by atoms with van der Waals surface area (Å²) in [6, 6.07) is -0.687. The highest BCUT2D eigenvalue weighted by atomic mass is 35.6. The summed E-state index contributed by atoms with van der Waals surface area (Å²) in [6.45, 7) is 3.48. The van der Waals surface area contributed by atoms with E-state index in [-0.39, 0.29) is 29.9 Å². The highest BCUT2D eigenvalue weighted by Gasteiger charge is 2.42. The quantitative estimate of drug-likeness (QED) is 0.505. The first-order valence-electron chi connectivity index (χ1n) is 6.99. The van der Waals surface area contributed by atoms with Gasteiger partial charge in [-0.3, -0.25) is 9.59 Å². The third kappa shape index (κ3) is 5.05. The van der Waals surface area contributed by atoms with Crippen LogP contribution in [-0.4, -0.2) is 50.4 Å². The SMILES string of the molecule is C[C@@H](/C=C1/C(=O)N(C)[C@@H](C[C@H](C)C(Cl)(Cl)Cl)C(=O)N1C)C(Cl)Cl. The summed E-state index contributed by atoms with van der Waals surface area (Å²) in [5.41, 5.74) is 0.245. The Morgan fingerprint density at radius 1 is 1.17 bits per heavy atom. The molecule has 0 saturated carbocycles. The number of hydrogen-bond acceptors (Lipinski definition) is 2. The van der Waals surface area contributed by atoms with E-state index in [0.29, 0.717) is 0 Å². The lowest BCUT2D eigenvalue weighted by molar-refractivity contribution is -0.149. The molecule has 0 spiro atoms. The molecule has 9 heteroatoms. The Bertz CT molecular complexity index is 504. The number of rotatable bonds is 4. The van der Waals surface area contributed by atoms with Crippen molar-refractivity contribution >= 4 is 69.8 Å². The highest BCUT2D eigenvalue weighted by molar-refractivity contribution is 6.67. The fraction of sp³-hybridized carbons (Fsp3) is 0.714. The third-order valence-electron chi connectivity index (χ3n) is 3.94. The molecule has 1 rings (SSSR count). The number of allylic oxidation sites excluding steroid dienone is 1.